The summed E-state index contributed by atoms with van der Waals surface area (Å²) in [6.45, 7) is 5.89. The number of hydrogen-bond donors (Lipinski definition) is 2. The fraction of sp³-hybridized carbons (Fsp3) is 0.308. The summed E-state index contributed by atoms with van der Waals surface area (Å²) in [5.74, 6) is -0.0603. The summed E-state index contributed by atoms with van der Waals surface area (Å²) in [6.07, 6.45) is 0. The van der Waals surface area contributed by atoms with Gasteiger partial charge in [0.1, 0.15) is 11.5 Å². The molecule has 0 radical (unpaired) electrons. The van der Waals surface area contributed by atoms with E-state index < -0.39 is 0 Å². The van der Waals surface area contributed by atoms with Crippen LogP contribution in [0.4, 0.5) is 0 Å². The van der Waals surface area contributed by atoms with Gasteiger partial charge in [0, 0.05) is 22.8 Å². The minimum atomic E-state index is -0.198. The fourth-order valence-electron chi connectivity index (χ4n) is 1.87. The first kappa shape index (κ1) is 10.7. The number of benzene rings is 1. The minimum Gasteiger partial charge on any atom is -0.508 e. The number of phenols is 2. The van der Waals surface area contributed by atoms with Crippen molar-refractivity contribution in [2.75, 3.05) is 0 Å². The van der Waals surface area contributed by atoms with Crippen LogP contribution in [-0.2, 0) is 5.41 Å². The van der Waals surface area contributed by atoms with E-state index in [1.54, 1.807) is 6.07 Å². The van der Waals surface area contributed by atoms with Crippen LogP contribution in [0.5, 0.6) is 11.5 Å². The van der Waals surface area contributed by atoms with E-state index in [0.29, 0.717) is 11.1 Å². The zero-order chi connectivity index (χ0) is 12.1. The zero-order valence-corrected chi connectivity index (χ0v) is 9.53. The monoisotopic (exact) mass is 218 g/mol. The topological polar surface area (TPSA) is 57.5 Å². The number of aromatic hydroxyl groups is 2. The zero-order valence-electron chi connectivity index (χ0n) is 9.53. The van der Waals surface area contributed by atoms with E-state index in [9.17, 15) is 15.0 Å². The van der Waals surface area contributed by atoms with Gasteiger partial charge in [-0.3, -0.25) is 4.79 Å². The molecule has 2 aromatic carbocycles. The Morgan fingerprint density at radius 2 is 1.75 bits per heavy atom. The van der Waals surface area contributed by atoms with Gasteiger partial charge in [-0.15, -0.1) is 0 Å². The quantitative estimate of drug-likeness (QED) is 0.772. The Bertz CT molecular complexity index is 552. The van der Waals surface area contributed by atoms with Crippen LogP contribution >= 0.6 is 0 Å². The van der Waals surface area contributed by atoms with E-state index in [1.165, 1.54) is 12.1 Å². The summed E-state index contributed by atoms with van der Waals surface area (Å²) < 4.78 is 0. The second-order valence-electron chi connectivity index (χ2n) is 5.03. The summed E-state index contributed by atoms with van der Waals surface area (Å²) in [5, 5.41) is 18.8. The maximum absolute atomic E-state index is 11.7. The van der Waals surface area contributed by atoms with Gasteiger partial charge in [0.15, 0.2) is 5.43 Å². The van der Waals surface area contributed by atoms with Crippen molar-refractivity contribution in [2.24, 2.45) is 0 Å². The van der Waals surface area contributed by atoms with Crippen molar-refractivity contribution in [1.29, 1.82) is 0 Å². The van der Waals surface area contributed by atoms with E-state index in [-0.39, 0.29) is 22.3 Å². The largest absolute Gasteiger partial charge is 0.508 e. The maximum atomic E-state index is 11.7. The molecule has 0 aliphatic carbocycles. The molecule has 0 aliphatic heterocycles. The Labute approximate surface area is 93.7 Å². The van der Waals surface area contributed by atoms with Crippen LogP contribution in [0.15, 0.2) is 23.0 Å². The van der Waals surface area contributed by atoms with Crippen molar-refractivity contribution in [2.45, 2.75) is 26.2 Å². The summed E-state index contributed by atoms with van der Waals surface area (Å²) in [7, 11) is 0. The lowest BCUT2D eigenvalue weighted by Gasteiger charge is -2.11. The molecule has 2 aromatic rings. The molecule has 16 heavy (non-hydrogen) atoms. The lowest BCUT2D eigenvalue weighted by atomic mass is 9.92. The second kappa shape index (κ2) is 3.11. The van der Waals surface area contributed by atoms with Crippen molar-refractivity contribution in [3.8, 4) is 22.6 Å². The van der Waals surface area contributed by atoms with Crippen LogP contribution in [0.3, 0.4) is 0 Å². The molecule has 0 saturated heterocycles. The smallest absolute Gasteiger partial charge is 0.191 e. The van der Waals surface area contributed by atoms with Gasteiger partial charge in [0.2, 0.25) is 0 Å². The maximum Gasteiger partial charge on any atom is 0.191 e. The van der Waals surface area contributed by atoms with Gasteiger partial charge < -0.3 is 10.2 Å². The second-order valence-corrected chi connectivity index (χ2v) is 5.03. The van der Waals surface area contributed by atoms with E-state index in [0.717, 1.165) is 5.56 Å². The third kappa shape index (κ3) is 1.58. The van der Waals surface area contributed by atoms with Crippen LogP contribution in [0.1, 0.15) is 26.3 Å². The highest BCUT2D eigenvalue weighted by atomic mass is 16.3. The van der Waals surface area contributed by atoms with Gasteiger partial charge in [0.25, 0.3) is 0 Å². The molecule has 0 spiro atoms. The SMILES string of the molecule is CC(C)(C)c1c(-c2ccc(O)cc2O)c1=O. The Morgan fingerprint density at radius 1 is 1.12 bits per heavy atom. The van der Waals surface area contributed by atoms with Crippen LogP contribution in [0, 0.1) is 0 Å². The van der Waals surface area contributed by atoms with Crippen molar-refractivity contribution < 1.29 is 10.2 Å². The predicted octanol–water partition coefficient (Wildman–Crippen LogP) is 2.30. The van der Waals surface area contributed by atoms with Crippen LogP contribution in [0.2, 0.25) is 0 Å². The van der Waals surface area contributed by atoms with Gasteiger partial charge in [-0.2, -0.15) is 0 Å². The van der Waals surface area contributed by atoms with E-state index in [1.807, 2.05) is 20.8 Å². The Kier molecular flexibility index (Phi) is 2.09. The predicted molar refractivity (Wildman–Crippen MR) is 62.5 cm³/mol. The molecule has 0 aliphatic rings. The van der Waals surface area contributed by atoms with Crippen molar-refractivity contribution in [3.05, 3.63) is 34.0 Å². The normalized spacial score (nSPS) is 12.2. The van der Waals surface area contributed by atoms with E-state index >= 15 is 0 Å². The van der Waals surface area contributed by atoms with Crippen molar-refractivity contribution >= 4 is 0 Å². The van der Waals surface area contributed by atoms with Gasteiger partial charge in [-0.1, -0.05) is 20.8 Å². The van der Waals surface area contributed by atoms with Gasteiger partial charge in [-0.05, 0) is 17.5 Å². The molecule has 0 unspecified atom stereocenters. The van der Waals surface area contributed by atoms with E-state index in [2.05, 4.69) is 0 Å². The Hall–Kier alpha value is -1.77. The summed E-state index contributed by atoms with van der Waals surface area (Å²) in [6, 6.07) is 4.28. The summed E-state index contributed by atoms with van der Waals surface area (Å²) >= 11 is 0. The van der Waals surface area contributed by atoms with Crippen LogP contribution in [-0.4, -0.2) is 10.2 Å². The minimum absolute atomic E-state index is 0.00717. The third-order valence-corrected chi connectivity index (χ3v) is 2.64. The fourth-order valence-corrected chi connectivity index (χ4v) is 1.87. The van der Waals surface area contributed by atoms with Gasteiger partial charge >= 0.3 is 0 Å². The average molecular weight is 218 g/mol. The molecular formula is C13H14O3. The number of hydrogen-bond acceptors (Lipinski definition) is 3. The lowest BCUT2D eigenvalue weighted by Crippen LogP contribution is -2.08. The molecule has 0 atom stereocenters. The van der Waals surface area contributed by atoms with Crippen LogP contribution in [0.25, 0.3) is 11.1 Å². The average Bonchev–Trinajstić information content (AvgIpc) is 2.76. The summed E-state index contributed by atoms with van der Waals surface area (Å²) in [5.41, 5.74) is 1.66. The first-order valence-electron chi connectivity index (χ1n) is 5.14. The van der Waals surface area contributed by atoms with E-state index in [4.69, 9.17) is 0 Å². The van der Waals surface area contributed by atoms with Gasteiger partial charge in [-0.25, -0.2) is 0 Å². The number of rotatable bonds is 1. The molecule has 0 saturated carbocycles. The molecule has 3 heteroatoms. The molecule has 0 amide bonds. The highest BCUT2D eigenvalue weighted by molar-refractivity contribution is 5.82. The highest BCUT2D eigenvalue weighted by Crippen LogP contribution is 2.40. The molecule has 0 fully saturated rings. The van der Waals surface area contributed by atoms with Gasteiger partial charge in [0.05, 0.1) is 0 Å². The molecule has 2 N–H and O–H groups in total. The molecule has 84 valence electrons. The third-order valence-electron chi connectivity index (χ3n) is 2.64. The molecule has 3 nitrogen and oxygen atoms in total. The Balaban J connectivity index is 2.50. The highest BCUT2D eigenvalue weighted by Gasteiger charge is 2.34. The van der Waals surface area contributed by atoms with Crippen molar-refractivity contribution in [1.82, 2.24) is 0 Å². The molecule has 0 heterocycles. The summed E-state index contributed by atoms with van der Waals surface area (Å²) in [4.78, 5) is 11.7. The Morgan fingerprint density at radius 3 is 2.19 bits per heavy atom. The molecule has 0 bridgehead atoms. The van der Waals surface area contributed by atoms with Crippen LogP contribution < -0.4 is 5.43 Å². The van der Waals surface area contributed by atoms with Crippen molar-refractivity contribution in [3.63, 3.8) is 0 Å². The first-order chi connectivity index (χ1) is 7.32. The first-order valence-corrected chi connectivity index (χ1v) is 5.14. The lowest BCUT2D eigenvalue weighted by molar-refractivity contribution is 0.452. The molecule has 0 aromatic heterocycles. The molecular weight excluding hydrogens is 204 g/mol. The molecule has 2 rings (SSSR count). The number of phenolic OH excluding ortho intramolecular Hbond substituents is 2. The standard InChI is InChI=1S/C13H14O3/c1-13(2,3)11-10(12(11)16)8-5-4-7(14)6-9(8)15/h4-6,14-15H,1-3H3.